The van der Waals surface area contributed by atoms with Crippen LogP contribution >= 0.6 is 0 Å². The van der Waals surface area contributed by atoms with E-state index in [1.165, 1.54) is 4.31 Å². The van der Waals surface area contributed by atoms with Gasteiger partial charge in [-0.1, -0.05) is 0 Å². The van der Waals surface area contributed by atoms with E-state index in [0.717, 1.165) is 25.3 Å². The van der Waals surface area contributed by atoms with E-state index in [1.807, 2.05) is 0 Å². The van der Waals surface area contributed by atoms with Gasteiger partial charge in [-0.3, -0.25) is 0 Å². The van der Waals surface area contributed by atoms with E-state index in [9.17, 15) is 17.2 Å². The van der Waals surface area contributed by atoms with E-state index in [0.29, 0.717) is 18.5 Å². The third-order valence-electron chi connectivity index (χ3n) is 4.00. The smallest absolute Gasteiger partial charge is 0.246 e. The molecule has 0 aromatic heterocycles. The molecule has 2 atom stereocenters. The van der Waals surface area contributed by atoms with Crippen molar-refractivity contribution in [2.45, 2.75) is 30.2 Å². The molecule has 3 rings (SSSR count). The van der Waals surface area contributed by atoms with Crippen molar-refractivity contribution in [3.8, 4) is 0 Å². The minimum Gasteiger partial charge on any atom is -0.396 e. The number of rotatable bonds is 2. The lowest BCUT2D eigenvalue weighted by atomic mass is 10.1. The zero-order chi connectivity index (χ0) is 13.8. The molecule has 1 aliphatic heterocycles. The lowest BCUT2D eigenvalue weighted by molar-refractivity contribution is 0.332. The molecule has 7 heteroatoms. The first-order valence-electron chi connectivity index (χ1n) is 6.16. The summed E-state index contributed by atoms with van der Waals surface area (Å²) in [5.74, 6) is -1.67. The second-order valence-electron chi connectivity index (χ2n) is 5.21. The largest absolute Gasteiger partial charge is 0.396 e. The Morgan fingerprint density at radius 1 is 1.21 bits per heavy atom. The van der Waals surface area contributed by atoms with E-state index < -0.39 is 26.6 Å². The van der Waals surface area contributed by atoms with Crippen LogP contribution in [0.3, 0.4) is 0 Å². The fourth-order valence-corrected chi connectivity index (χ4v) is 4.87. The van der Waals surface area contributed by atoms with Crippen LogP contribution in [0.15, 0.2) is 17.0 Å². The average Bonchev–Trinajstić information content (AvgIpc) is 2.95. The number of sulfonamides is 1. The molecule has 2 fully saturated rings. The Hall–Kier alpha value is -1.21. The summed E-state index contributed by atoms with van der Waals surface area (Å²) < 4.78 is 53.0. The van der Waals surface area contributed by atoms with E-state index in [2.05, 4.69) is 0 Å². The fraction of sp³-hybridized carbons (Fsp3) is 0.500. The number of fused-ring (bicyclic) bond motifs is 2. The molecule has 0 spiro atoms. The zero-order valence-corrected chi connectivity index (χ0v) is 11.0. The standard InChI is InChI=1S/C12H14F2N2O2S/c13-9-4-10(14)12(5-11(9)15)19(17,18)16-6-7-1-2-8(16)3-7/h4-5,7-8H,1-3,6,15H2. The Kier molecular flexibility index (Phi) is 2.79. The molecule has 2 N–H and O–H groups in total. The number of nitrogen functional groups attached to an aromatic ring is 1. The predicted octanol–water partition coefficient (Wildman–Crippen LogP) is 1.72. The maximum Gasteiger partial charge on any atom is 0.246 e. The Balaban J connectivity index is 2.03. The van der Waals surface area contributed by atoms with Crippen molar-refractivity contribution >= 4 is 15.7 Å². The van der Waals surface area contributed by atoms with Gasteiger partial charge in [-0.2, -0.15) is 4.31 Å². The van der Waals surface area contributed by atoms with Crippen molar-refractivity contribution in [2.75, 3.05) is 12.3 Å². The highest BCUT2D eigenvalue weighted by Crippen LogP contribution is 2.41. The number of anilines is 1. The van der Waals surface area contributed by atoms with Gasteiger partial charge < -0.3 is 5.73 Å². The first-order valence-corrected chi connectivity index (χ1v) is 7.60. The molecule has 2 unspecified atom stereocenters. The number of hydrogen-bond acceptors (Lipinski definition) is 3. The van der Waals surface area contributed by atoms with E-state index >= 15 is 0 Å². The SMILES string of the molecule is Nc1cc(S(=O)(=O)N2CC3CCC2C3)c(F)cc1F. The van der Waals surface area contributed by atoms with Gasteiger partial charge in [-0.05, 0) is 31.2 Å². The molecular weight excluding hydrogens is 274 g/mol. The minimum absolute atomic E-state index is 0.0549. The summed E-state index contributed by atoms with van der Waals surface area (Å²) in [7, 11) is -3.93. The van der Waals surface area contributed by atoms with Crippen LogP contribution in [0.4, 0.5) is 14.5 Å². The summed E-state index contributed by atoms with van der Waals surface area (Å²) >= 11 is 0. The molecule has 1 heterocycles. The number of nitrogens with zero attached hydrogens (tertiary/aromatic N) is 1. The summed E-state index contributed by atoms with van der Waals surface area (Å²) in [6.45, 7) is 0.420. The molecule has 0 amide bonds. The number of hydrogen-bond donors (Lipinski definition) is 1. The predicted molar refractivity (Wildman–Crippen MR) is 65.8 cm³/mol. The van der Waals surface area contributed by atoms with Gasteiger partial charge in [-0.15, -0.1) is 0 Å². The van der Waals surface area contributed by atoms with Crippen LogP contribution < -0.4 is 5.73 Å². The van der Waals surface area contributed by atoms with Crippen LogP contribution in [-0.4, -0.2) is 25.3 Å². The van der Waals surface area contributed by atoms with Crippen LogP contribution in [0.5, 0.6) is 0 Å². The third-order valence-corrected chi connectivity index (χ3v) is 5.93. The van der Waals surface area contributed by atoms with Gasteiger partial charge in [0.1, 0.15) is 16.5 Å². The second kappa shape index (κ2) is 4.14. The molecule has 0 radical (unpaired) electrons. The number of piperidine rings is 1. The summed E-state index contributed by atoms with van der Waals surface area (Å²) in [5, 5.41) is 0. The summed E-state index contributed by atoms with van der Waals surface area (Å²) in [5.41, 5.74) is 4.98. The maximum atomic E-state index is 13.7. The first-order chi connectivity index (χ1) is 8.89. The number of benzene rings is 1. The Bertz CT molecular complexity index is 633. The topological polar surface area (TPSA) is 63.4 Å². The lowest BCUT2D eigenvalue weighted by Crippen LogP contribution is -2.38. The van der Waals surface area contributed by atoms with Crippen LogP contribution in [0.1, 0.15) is 19.3 Å². The molecule has 104 valence electrons. The Morgan fingerprint density at radius 3 is 2.53 bits per heavy atom. The van der Waals surface area contributed by atoms with E-state index in [-0.39, 0.29) is 11.7 Å². The molecule has 19 heavy (non-hydrogen) atoms. The molecule has 1 saturated heterocycles. The molecule has 1 aliphatic carbocycles. The van der Waals surface area contributed by atoms with Crippen LogP contribution in [-0.2, 0) is 10.0 Å². The van der Waals surface area contributed by atoms with Crippen LogP contribution in [0.25, 0.3) is 0 Å². The first kappa shape index (κ1) is 12.8. The van der Waals surface area contributed by atoms with Gasteiger partial charge in [0, 0.05) is 18.7 Å². The van der Waals surface area contributed by atoms with Crippen LogP contribution in [0.2, 0.25) is 0 Å². The van der Waals surface area contributed by atoms with Crippen molar-refractivity contribution < 1.29 is 17.2 Å². The molecule has 1 aromatic rings. The minimum atomic E-state index is -3.93. The maximum absolute atomic E-state index is 13.7. The zero-order valence-electron chi connectivity index (χ0n) is 10.1. The van der Waals surface area contributed by atoms with Gasteiger partial charge >= 0.3 is 0 Å². The highest BCUT2D eigenvalue weighted by molar-refractivity contribution is 7.89. The third kappa shape index (κ3) is 1.92. The molecular formula is C12H14F2N2O2S. The lowest BCUT2D eigenvalue weighted by Gasteiger charge is -2.26. The van der Waals surface area contributed by atoms with Crippen LogP contribution in [0, 0.1) is 17.6 Å². The van der Waals surface area contributed by atoms with E-state index in [1.54, 1.807) is 0 Å². The Labute approximate surface area is 110 Å². The highest BCUT2D eigenvalue weighted by Gasteiger charge is 2.45. The van der Waals surface area contributed by atoms with Gasteiger partial charge in [-0.25, -0.2) is 17.2 Å². The van der Waals surface area contributed by atoms with Crippen molar-refractivity contribution in [1.29, 1.82) is 0 Å². The van der Waals surface area contributed by atoms with Crippen molar-refractivity contribution in [3.05, 3.63) is 23.8 Å². The molecule has 1 aromatic carbocycles. The second-order valence-corrected chi connectivity index (χ2v) is 7.07. The highest BCUT2D eigenvalue weighted by atomic mass is 32.2. The van der Waals surface area contributed by atoms with Crippen molar-refractivity contribution in [1.82, 2.24) is 4.31 Å². The number of halogens is 2. The summed E-state index contributed by atoms with van der Waals surface area (Å²) in [4.78, 5) is -0.529. The summed E-state index contributed by atoms with van der Waals surface area (Å²) in [6, 6.07) is 1.34. The quantitative estimate of drug-likeness (QED) is 0.843. The van der Waals surface area contributed by atoms with Gasteiger partial charge in [0.05, 0.1) is 5.69 Å². The van der Waals surface area contributed by atoms with Gasteiger partial charge in [0.25, 0.3) is 0 Å². The molecule has 4 nitrogen and oxygen atoms in total. The number of nitrogens with two attached hydrogens (primary N) is 1. The summed E-state index contributed by atoms with van der Waals surface area (Å²) in [6.07, 6.45) is 2.66. The van der Waals surface area contributed by atoms with Gasteiger partial charge in [0.2, 0.25) is 10.0 Å². The average molecular weight is 288 g/mol. The molecule has 2 bridgehead atoms. The molecule has 2 aliphatic rings. The van der Waals surface area contributed by atoms with E-state index in [4.69, 9.17) is 5.73 Å². The van der Waals surface area contributed by atoms with Crippen molar-refractivity contribution in [2.24, 2.45) is 5.92 Å². The normalized spacial score (nSPS) is 27.1. The fourth-order valence-electron chi connectivity index (χ4n) is 3.04. The molecule has 1 saturated carbocycles. The monoisotopic (exact) mass is 288 g/mol. The Morgan fingerprint density at radius 2 is 1.95 bits per heavy atom. The van der Waals surface area contributed by atoms with Crippen molar-refractivity contribution in [3.63, 3.8) is 0 Å². The van der Waals surface area contributed by atoms with Gasteiger partial charge in [0.15, 0.2) is 0 Å².